The fourth-order valence-corrected chi connectivity index (χ4v) is 3.28. The van der Waals surface area contributed by atoms with Crippen molar-refractivity contribution in [3.05, 3.63) is 23.5 Å². The van der Waals surface area contributed by atoms with Gasteiger partial charge in [-0.2, -0.15) is 4.31 Å². The van der Waals surface area contributed by atoms with Gasteiger partial charge < -0.3 is 9.47 Å². The number of hydrogen-bond donors (Lipinski definition) is 0. The quantitative estimate of drug-likeness (QED) is 0.801. The highest BCUT2D eigenvalue weighted by Crippen LogP contribution is 2.10. The molecule has 2 heterocycles. The molecule has 1 aromatic rings. The predicted molar refractivity (Wildman–Crippen MR) is 76.9 cm³/mol. The molecule has 0 atom stereocenters. The van der Waals surface area contributed by atoms with Gasteiger partial charge in [0.25, 0.3) is 0 Å². The lowest BCUT2D eigenvalue weighted by molar-refractivity contribution is -0.133. The molecule has 0 aliphatic carbocycles. The van der Waals surface area contributed by atoms with Crippen molar-refractivity contribution in [3.63, 3.8) is 0 Å². The molecule has 0 aromatic carbocycles. The third kappa shape index (κ3) is 3.21. The van der Waals surface area contributed by atoms with Crippen molar-refractivity contribution >= 4 is 15.9 Å². The molecule has 0 N–H and O–H groups in total. The zero-order valence-electron chi connectivity index (χ0n) is 12.2. The van der Waals surface area contributed by atoms with E-state index in [0.717, 1.165) is 11.4 Å². The van der Waals surface area contributed by atoms with Gasteiger partial charge in [0.05, 0.1) is 6.26 Å². The Hall–Kier alpha value is -1.34. The van der Waals surface area contributed by atoms with Crippen LogP contribution in [-0.2, 0) is 21.4 Å². The van der Waals surface area contributed by atoms with Crippen molar-refractivity contribution in [3.8, 4) is 0 Å². The fourth-order valence-electron chi connectivity index (χ4n) is 2.45. The van der Waals surface area contributed by atoms with E-state index in [4.69, 9.17) is 0 Å². The normalized spacial score (nSPS) is 17.4. The number of piperazine rings is 1. The monoisotopic (exact) mass is 299 g/mol. The molecule has 6 nitrogen and oxygen atoms in total. The Morgan fingerprint density at radius 1 is 1.10 bits per heavy atom. The molecule has 20 heavy (non-hydrogen) atoms. The SMILES string of the molecule is Cc1ccc(C)n1CC(=O)N1CCN(S(C)(=O)=O)CC1. The Morgan fingerprint density at radius 3 is 2.05 bits per heavy atom. The van der Waals surface area contributed by atoms with E-state index in [0.29, 0.717) is 32.7 Å². The first kappa shape index (κ1) is 15.1. The van der Waals surface area contributed by atoms with Crippen molar-refractivity contribution in [1.29, 1.82) is 0 Å². The minimum atomic E-state index is -3.15. The van der Waals surface area contributed by atoms with Crippen LogP contribution in [0.1, 0.15) is 11.4 Å². The van der Waals surface area contributed by atoms with Gasteiger partial charge in [-0.15, -0.1) is 0 Å². The number of aryl methyl sites for hydroxylation is 2. The summed E-state index contributed by atoms with van der Waals surface area (Å²) in [5, 5.41) is 0. The molecule has 0 saturated carbocycles. The second kappa shape index (κ2) is 5.57. The Labute approximate surface area is 120 Å². The maximum Gasteiger partial charge on any atom is 0.242 e. The van der Waals surface area contributed by atoms with Gasteiger partial charge in [-0.25, -0.2) is 8.42 Å². The van der Waals surface area contributed by atoms with Crippen LogP contribution in [-0.4, -0.2) is 60.5 Å². The van der Waals surface area contributed by atoms with Gasteiger partial charge in [0, 0.05) is 37.6 Å². The molecule has 1 fully saturated rings. The van der Waals surface area contributed by atoms with Crippen LogP contribution < -0.4 is 0 Å². The van der Waals surface area contributed by atoms with Gasteiger partial charge in [0.1, 0.15) is 6.54 Å². The van der Waals surface area contributed by atoms with E-state index in [2.05, 4.69) is 0 Å². The first-order valence-corrected chi connectivity index (χ1v) is 8.49. The number of rotatable bonds is 3. The van der Waals surface area contributed by atoms with Crippen LogP contribution in [0.2, 0.25) is 0 Å². The minimum Gasteiger partial charge on any atom is -0.340 e. The molecule has 7 heteroatoms. The van der Waals surface area contributed by atoms with Crippen molar-refractivity contribution in [2.75, 3.05) is 32.4 Å². The highest BCUT2D eigenvalue weighted by atomic mass is 32.2. The zero-order chi connectivity index (χ0) is 14.9. The Balaban J connectivity index is 1.96. The Bertz CT molecular complexity index is 579. The van der Waals surface area contributed by atoms with Crippen molar-refractivity contribution in [1.82, 2.24) is 13.8 Å². The average molecular weight is 299 g/mol. The van der Waals surface area contributed by atoms with Crippen molar-refractivity contribution < 1.29 is 13.2 Å². The number of hydrogen-bond acceptors (Lipinski definition) is 3. The number of nitrogens with zero attached hydrogens (tertiary/aromatic N) is 3. The summed E-state index contributed by atoms with van der Waals surface area (Å²) >= 11 is 0. The lowest BCUT2D eigenvalue weighted by Crippen LogP contribution is -2.51. The summed E-state index contributed by atoms with van der Waals surface area (Å²) in [6.07, 6.45) is 1.21. The maximum atomic E-state index is 12.3. The van der Waals surface area contributed by atoms with E-state index in [1.807, 2.05) is 30.5 Å². The Kier molecular flexibility index (Phi) is 4.19. The van der Waals surface area contributed by atoms with E-state index in [9.17, 15) is 13.2 Å². The van der Waals surface area contributed by atoms with Gasteiger partial charge in [0.15, 0.2) is 0 Å². The summed E-state index contributed by atoms with van der Waals surface area (Å²) < 4.78 is 26.3. The lowest BCUT2D eigenvalue weighted by Gasteiger charge is -2.33. The van der Waals surface area contributed by atoms with Crippen LogP contribution in [0.25, 0.3) is 0 Å². The zero-order valence-corrected chi connectivity index (χ0v) is 13.0. The molecule has 1 aromatic heterocycles. The lowest BCUT2D eigenvalue weighted by atomic mass is 10.3. The third-order valence-electron chi connectivity index (χ3n) is 3.77. The first-order chi connectivity index (χ1) is 9.29. The summed E-state index contributed by atoms with van der Waals surface area (Å²) in [6, 6.07) is 3.98. The van der Waals surface area contributed by atoms with Gasteiger partial charge in [0.2, 0.25) is 15.9 Å². The molecule has 112 valence electrons. The van der Waals surface area contributed by atoms with Crippen LogP contribution in [0, 0.1) is 13.8 Å². The standard InChI is InChI=1S/C13H21N3O3S/c1-11-4-5-12(2)16(11)10-13(17)14-6-8-15(9-7-14)20(3,18)19/h4-5H,6-10H2,1-3H3. The molecule has 0 spiro atoms. The Morgan fingerprint density at radius 2 is 1.60 bits per heavy atom. The van der Waals surface area contributed by atoms with E-state index < -0.39 is 10.0 Å². The summed E-state index contributed by atoms with van der Waals surface area (Å²) in [5.74, 6) is 0.0422. The molecular formula is C13H21N3O3S. The molecule has 0 unspecified atom stereocenters. The van der Waals surface area contributed by atoms with Gasteiger partial charge in [-0.1, -0.05) is 0 Å². The van der Waals surface area contributed by atoms with E-state index in [-0.39, 0.29) is 5.91 Å². The van der Waals surface area contributed by atoms with Crippen molar-refractivity contribution in [2.24, 2.45) is 0 Å². The summed E-state index contributed by atoms with van der Waals surface area (Å²) in [6.45, 7) is 5.96. The largest absolute Gasteiger partial charge is 0.340 e. The van der Waals surface area contributed by atoms with E-state index >= 15 is 0 Å². The number of amides is 1. The van der Waals surface area contributed by atoms with E-state index in [1.165, 1.54) is 10.6 Å². The summed E-state index contributed by atoms with van der Waals surface area (Å²) in [7, 11) is -3.15. The predicted octanol–water partition coefficient (Wildman–Crippen LogP) is 0.209. The van der Waals surface area contributed by atoms with Crippen LogP contribution in [0.15, 0.2) is 12.1 Å². The number of aromatic nitrogens is 1. The molecule has 0 bridgehead atoms. The van der Waals surface area contributed by atoms with Gasteiger partial charge in [-0.3, -0.25) is 4.79 Å². The number of sulfonamides is 1. The van der Waals surface area contributed by atoms with E-state index in [1.54, 1.807) is 4.90 Å². The van der Waals surface area contributed by atoms with Gasteiger partial charge in [-0.05, 0) is 26.0 Å². The van der Waals surface area contributed by atoms with Crippen molar-refractivity contribution in [2.45, 2.75) is 20.4 Å². The van der Waals surface area contributed by atoms with Crippen LogP contribution >= 0.6 is 0 Å². The van der Waals surface area contributed by atoms with Crippen LogP contribution in [0.4, 0.5) is 0 Å². The minimum absolute atomic E-state index is 0.0422. The molecule has 0 radical (unpaired) electrons. The molecule has 2 rings (SSSR count). The fraction of sp³-hybridized carbons (Fsp3) is 0.615. The maximum absolute atomic E-state index is 12.3. The summed E-state index contributed by atoms with van der Waals surface area (Å²) in [4.78, 5) is 14.0. The highest BCUT2D eigenvalue weighted by molar-refractivity contribution is 7.88. The third-order valence-corrected chi connectivity index (χ3v) is 5.07. The summed E-state index contributed by atoms with van der Waals surface area (Å²) in [5.41, 5.74) is 2.12. The highest BCUT2D eigenvalue weighted by Gasteiger charge is 2.26. The van der Waals surface area contributed by atoms with Gasteiger partial charge >= 0.3 is 0 Å². The molecule has 1 aliphatic heterocycles. The average Bonchev–Trinajstić information content (AvgIpc) is 2.69. The van der Waals surface area contributed by atoms with Crippen LogP contribution in [0.5, 0.6) is 0 Å². The smallest absolute Gasteiger partial charge is 0.242 e. The second-order valence-electron chi connectivity index (χ2n) is 5.25. The second-order valence-corrected chi connectivity index (χ2v) is 7.23. The van der Waals surface area contributed by atoms with Crippen LogP contribution in [0.3, 0.4) is 0 Å². The molecular weight excluding hydrogens is 278 g/mol. The molecule has 1 amide bonds. The number of carbonyl (C=O) groups is 1. The molecule has 1 saturated heterocycles. The number of carbonyl (C=O) groups excluding carboxylic acids is 1. The first-order valence-electron chi connectivity index (χ1n) is 6.64. The molecule has 1 aliphatic rings. The topological polar surface area (TPSA) is 62.6 Å².